The van der Waals surface area contributed by atoms with Crippen molar-refractivity contribution < 1.29 is 4.74 Å². The Morgan fingerprint density at radius 2 is 1.94 bits per heavy atom. The first-order chi connectivity index (χ1) is 8.16. The van der Waals surface area contributed by atoms with Gasteiger partial charge in [0.2, 0.25) is 0 Å². The van der Waals surface area contributed by atoms with Gasteiger partial charge in [0, 0.05) is 12.5 Å². The van der Waals surface area contributed by atoms with Gasteiger partial charge in [0.1, 0.15) is 0 Å². The van der Waals surface area contributed by atoms with E-state index in [1.165, 1.54) is 50.8 Å². The Kier molecular flexibility index (Phi) is 4.63. The molecule has 0 aliphatic carbocycles. The first kappa shape index (κ1) is 13.1. The average Bonchev–Trinajstić information content (AvgIpc) is 2.30. The van der Waals surface area contributed by atoms with Gasteiger partial charge in [0.15, 0.2) is 0 Å². The minimum absolute atomic E-state index is 0.384. The van der Waals surface area contributed by atoms with Crippen LogP contribution in [0.5, 0.6) is 0 Å². The van der Waals surface area contributed by atoms with Gasteiger partial charge in [-0.3, -0.25) is 0 Å². The normalized spacial score (nSPS) is 35.8. The molecule has 2 fully saturated rings. The van der Waals surface area contributed by atoms with Gasteiger partial charge >= 0.3 is 0 Å². The summed E-state index contributed by atoms with van der Waals surface area (Å²) in [5.41, 5.74) is 1.30. The summed E-state index contributed by atoms with van der Waals surface area (Å²) >= 11 is 0. The molecule has 2 nitrogen and oxygen atoms in total. The topological polar surface area (TPSA) is 12.5 Å². The first-order valence-electron chi connectivity index (χ1n) is 7.20. The van der Waals surface area contributed by atoms with Crippen LogP contribution in [0.15, 0.2) is 12.2 Å². The van der Waals surface area contributed by atoms with Crippen molar-refractivity contribution >= 4 is 0 Å². The van der Waals surface area contributed by atoms with Crippen molar-refractivity contribution in [2.75, 3.05) is 19.6 Å². The number of hydrogen-bond donors (Lipinski definition) is 0. The minimum Gasteiger partial charge on any atom is -0.373 e. The molecule has 2 aliphatic heterocycles. The third-order valence-corrected chi connectivity index (χ3v) is 4.26. The van der Waals surface area contributed by atoms with Crippen LogP contribution in [-0.2, 0) is 4.74 Å². The molecule has 0 aromatic heterocycles. The van der Waals surface area contributed by atoms with E-state index in [-0.39, 0.29) is 0 Å². The van der Waals surface area contributed by atoms with Crippen molar-refractivity contribution in [3.63, 3.8) is 0 Å². The van der Waals surface area contributed by atoms with E-state index in [4.69, 9.17) is 4.74 Å². The van der Waals surface area contributed by atoms with Crippen molar-refractivity contribution in [1.29, 1.82) is 0 Å². The Labute approximate surface area is 106 Å². The van der Waals surface area contributed by atoms with Crippen molar-refractivity contribution in [3.8, 4) is 0 Å². The fourth-order valence-electron chi connectivity index (χ4n) is 3.19. The van der Waals surface area contributed by atoms with E-state index in [2.05, 4.69) is 25.3 Å². The second-order valence-corrected chi connectivity index (χ2v) is 5.88. The fourth-order valence-corrected chi connectivity index (χ4v) is 3.19. The molecular formula is C15H27NO. The lowest BCUT2D eigenvalue weighted by molar-refractivity contribution is -0.0793. The lowest BCUT2D eigenvalue weighted by Crippen LogP contribution is -2.44. The zero-order valence-electron chi connectivity index (χ0n) is 11.5. The largest absolute Gasteiger partial charge is 0.373 e. The summed E-state index contributed by atoms with van der Waals surface area (Å²) in [5, 5.41) is 0. The summed E-state index contributed by atoms with van der Waals surface area (Å²) in [7, 11) is 0. The van der Waals surface area contributed by atoms with Gasteiger partial charge in [0.05, 0.1) is 12.2 Å². The molecule has 0 unspecified atom stereocenters. The number of likely N-dealkylation sites (tertiary alicyclic amines) is 1. The summed E-state index contributed by atoms with van der Waals surface area (Å²) in [6.07, 6.45) is 7.39. The van der Waals surface area contributed by atoms with Crippen LogP contribution in [0.25, 0.3) is 0 Å². The molecule has 2 saturated heterocycles. The molecule has 0 saturated carbocycles. The van der Waals surface area contributed by atoms with Crippen LogP contribution >= 0.6 is 0 Å². The number of rotatable bonds is 3. The van der Waals surface area contributed by atoms with Crippen LogP contribution < -0.4 is 0 Å². The van der Waals surface area contributed by atoms with Gasteiger partial charge in [0.25, 0.3) is 0 Å². The standard InChI is InChI=1S/C15H27NO/c1-12(2)14-8-7-13(3)17-15(14)11-16-9-5-4-6-10-16/h13-15H,1,4-11H2,2-3H3/t13-,14+,15-/m1/s1. The highest BCUT2D eigenvalue weighted by Gasteiger charge is 2.31. The molecule has 98 valence electrons. The third kappa shape index (κ3) is 3.56. The Balaban J connectivity index is 1.92. The van der Waals surface area contributed by atoms with Gasteiger partial charge in [-0.25, -0.2) is 0 Å². The molecule has 0 aromatic rings. The summed E-state index contributed by atoms with van der Waals surface area (Å²) in [6, 6.07) is 0. The van der Waals surface area contributed by atoms with Crippen LogP contribution in [0.3, 0.4) is 0 Å². The third-order valence-electron chi connectivity index (χ3n) is 4.26. The smallest absolute Gasteiger partial charge is 0.0770 e. The Hall–Kier alpha value is -0.340. The molecule has 0 amide bonds. The molecule has 0 spiro atoms. The molecule has 0 bridgehead atoms. The molecule has 3 atom stereocenters. The van der Waals surface area contributed by atoms with E-state index in [1.54, 1.807) is 0 Å². The molecule has 0 aromatic carbocycles. The monoisotopic (exact) mass is 237 g/mol. The van der Waals surface area contributed by atoms with Crippen LogP contribution in [0.1, 0.15) is 46.0 Å². The maximum absolute atomic E-state index is 6.16. The molecule has 0 radical (unpaired) electrons. The fraction of sp³-hybridized carbons (Fsp3) is 0.867. The predicted molar refractivity (Wildman–Crippen MR) is 72.2 cm³/mol. The van der Waals surface area contributed by atoms with E-state index in [0.717, 1.165) is 6.54 Å². The maximum Gasteiger partial charge on any atom is 0.0770 e. The van der Waals surface area contributed by atoms with E-state index >= 15 is 0 Å². The molecule has 2 heterocycles. The van der Waals surface area contributed by atoms with Crippen molar-refractivity contribution in [3.05, 3.63) is 12.2 Å². The molecule has 2 aliphatic rings. The van der Waals surface area contributed by atoms with Gasteiger partial charge in [-0.1, -0.05) is 18.6 Å². The summed E-state index contributed by atoms with van der Waals surface area (Å²) in [6.45, 7) is 12.1. The minimum atomic E-state index is 0.384. The van der Waals surface area contributed by atoms with Crippen LogP contribution in [0, 0.1) is 5.92 Å². The first-order valence-corrected chi connectivity index (χ1v) is 7.20. The summed E-state index contributed by atoms with van der Waals surface area (Å²) in [5.74, 6) is 0.577. The van der Waals surface area contributed by atoms with Gasteiger partial charge in [-0.15, -0.1) is 0 Å². The lowest BCUT2D eigenvalue weighted by Gasteiger charge is -2.39. The molecule has 17 heavy (non-hydrogen) atoms. The number of ether oxygens (including phenoxy) is 1. The Bertz CT molecular complexity index is 258. The molecule has 0 N–H and O–H groups in total. The van der Waals surface area contributed by atoms with E-state index < -0.39 is 0 Å². The van der Waals surface area contributed by atoms with Crippen LogP contribution in [0.4, 0.5) is 0 Å². The maximum atomic E-state index is 6.16. The highest BCUT2D eigenvalue weighted by Crippen LogP contribution is 2.30. The van der Waals surface area contributed by atoms with Crippen LogP contribution in [-0.4, -0.2) is 36.7 Å². The second-order valence-electron chi connectivity index (χ2n) is 5.88. The lowest BCUT2D eigenvalue weighted by atomic mass is 9.86. The van der Waals surface area contributed by atoms with E-state index in [0.29, 0.717) is 18.1 Å². The van der Waals surface area contributed by atoms with Gasteiger partial charge in [-0.05, 0) is 52.6 Å². The van der Waals surface area contributed by atoms with E-state index in [9.17, 15) is 0 Å². The number of piperidine rings is 1. The number of hydrogen-bond acceptors (Lipinski definition) is 2. The van der Waals surface area contributed by atoms with Crippen LogP contribution in [0.2, 0.25) is 0 Å². The Morgan fingerprint density at radius 3 is 2.59 bits per heavy atom. The highest BCUT2D eigenvalue weighted by molar-refractivity contribution is 5.02. The van der Waals surface area contributed by atoms with Gasteiger partial charge in [-0.2, -0.15) is 0 Å². The second kappa shape index (κ2) is 6.01. The molecule has 2 heteroatoms. The zero-order chi connectivity index (χ0) is 12.3. The van der Waals surface area contributed by atoms with Crippen molar-refractivity contribution in [1.82, 2.24) is 4.90 Å². The highest BCUT2D eigenvalue weighted by atomic mass is 16.5. The van der Waals surface area contributed by atoms with E-state index in [1.807, 2.05) is 0 Å². The van der Waals surface area contributed by atoms with Crippen molar-refractivity contribution in [2.24, 2.45) is 5.92 Å². The van der Waals surface area contributed by atoms with Gasteiger partial charge < -0.3 is 9.64 Å². The Morgan fingerprint density at radius 1 is 1.24 bits per heavy atom. The molecular weight excluding hydrogens is 210 g/mol. The summed E-state index contributed by atoms with van der Waals surface area (Å²) < 4.78 is 6.16. The predicted octanol–water partition coefficient (Wildman–Crippen LogP) is 3.23. The summed E-state index contributed by atoms with van der Waals surface area (Å²) in [4.78, 5) is 2.59. The molecule has 2 rings (SSSR count). The van der Waals surface area contributed by atoms with Crippen molar-refractivity contribution in [2.45, 2.75) is 58.2 Å². The number of nitrogens with zero attached hydrogens (tertiary/aromatic N) is 1. The average molecular weight is 237 g/mol. The quantitative estimate of drug-likeness (QED) is 0.699. The SMILES string of the molecule is C=C(C)[C@@H]1CC[C@@H](C)O[C@@H]1CN1CCCCC1. The zero-order valence-corrected chi connectivity index (χ0v) is 11.5.